The molecule has 48 heavy (non-hydrogen) atoms. The molecule has 2 fully saturated rings. The molecule has 16 nitrogen and oxygen atoms in total. The van der Waals surface area contributed by atoms with Gasteiger partial charge in [0.05, 0.1) is 46.6 Å². The molecule has 0 bridgehead atoms. The van der Waals surface area contributed by atoms with E-state index < -0.39 is 86.6 Å². The summed E-state index contributed by atoms with van der Waals surface area (Å²) in [4.78, 5) is 0. The molecule has 2 aromatic carbocycles. The largest absolute Gasteiger partial charge is 0.493 e. The van der Waals surface area contributed by atoms with Crippen LogP contribution in [-0.2, 0) is 14.2 Å². The minimum Gasteiger partial charge on any atom is -0.493 e. The molecule has 2 aromatic rings. The molecule has 0 aliphatic carbocycles. The Balaban J connectivity index is 1.33. The average Bonchev–Trinajstić information content (AvgIpc) is 3.48. The van der Waals surface area contributed by atoms with Gasteiger partial charge in [0, 0.05) is 5.56 Å². The van der Waals surface area contributed by atoms with Crippen molar-refractivity contribution in [3.05, 3.63) is 53.1 Å². The van der Waals surface area contributed by atoms with E-state index in [9.17, 15) is 46.0 Å². The summed E-state index contributed by atoms with van der Waals surface area (Å²) in [7, 11) is 2.87. The van der Waals surface area contributed by atoms with E-state index in [1.807, 2.05) is 0 Å². The van der Waals surface area contributed by atoms with Gasteiger partial charge in [-0.3, -0.25) is 0 Å². The Morgan fingerprint density at radius 2 is 1.31 bits per heavy atom. The molecule has 0 spiro atoms. The van der Waals surface area contributed by atoms with E-state index in [-0.39, 0.29) is 24.7 Å². The van der Waals surface area contributed by atoms with Crippen LogP contribution in [0.3, 0.4) is 0 Å². The van der Waals surface area contributed by atoms with Gasteiger partial charge in [-0.15, -0.1) is 0 Å². The molecular weight excluding hydrogens is 640 g/mol. The molecule has 12 atom stereocenters. The molecule has 0 aromatic heterocycles. The van der Waals surface area contributed by atoms with Crippen molar-refractivity contribution in [1.82, 2.24) is 0 Å². The van der Waals surface area contributed by atoms with E-state index >= 15 is 0 Å². The smallest absolute Gasteiger partial charge is 0.229 e. The molecule has 3 aliphatic heterocycles. The summed E-state index contributed by atoms with van der Waals surface area (Å²) < 4.78 is 39.6. The van der Waals surface area contributed by atoms with Crippen LogP contribution in [0.15, 0.2) is 36.4 Å². The lowest BCUT2D eigenvalue weighted by Crippen LogP contribution is -2.60. The number of ether oxygens (including phenoxy) is 7. The first-order valence-electron chi connectivity index (χ1n) is 15.3. The highest BCUT2D eigenvalue weighted by molar-refractivity contribution is 5.62. The van der Waals surface area contributed by atoms with Crippen molar-refractivity contribution in [3.8, 4) is 23.0 Å². The summed E-state index contributed by atoms with van der Waals surface area (Å²) in [5, 5.41) is 90.3. The zero-order chi connectivity index (χ0) is 34.7. The second kappa shape index (κ2) is 15.6. The monoisotopic (exact) mass is 682 g/mol. The van der Waals surface area contributed by atoms with Gasteiger partial charge in [-0.1, -0.05) is 18.2 Å². The standard InChI is InChI=1S/C32H42O16/c1-42-18-6-5-15(10-19(18)45-32-28(41)26(39)24(37)22(13-35)47-32)29-17(11-33)16-8-14(9-20(43-2)30(16)48-29)4-3-7-44-31-27(40)25(38)23(36)21(12-34)46-31/h3-6,8-10,17,21-29,31-41H,7,11-13H2,1-2H3/b4-3+/t17-,21+,22+,23+,24+,25-,26-,27+,28+,29?,31+,32+/m0/s1. The van der Waals surface area contributed by atoms with E-state index in [1.54, 1.807) is 42.5 Å². The van der Waals surface area contributed by atoms with Crippen LogP contribution in [0.2, 0.25) is 0 Å². The summed E-state index contributed by atoms with van der Waals surface area (Å²) in [6.07, 6.45) is -11.9. The minimum atomic E-state index is -1.65. The fraction of sp³-hybridized carbons (Fsp3) is 0.562. The van der Waals surface area contributed by atoms with Crippen LogP contribution in [0.25, 0.3) is 6.08 Å². The van der Waals surface area contributed by atoms with E-state index in [4.69, 9.17) is 33.2 Å². The summed E-state index contributed by atoms with van der Waals surface area (Å²) in [6.45, 7) is -1.58. The second-order valence-corrected chi connectivity index (χ2v) is 11.6. The molecule has 3 heterocycles. The second-order valence-electron chi connectivity index (χ2n) is 11.6. The minimum absolute atomic E-state index is 0.0618. The Morgan fingerprint density at radius 1 is 0.688 bits per heavy atom. The molecule has 16 heteroatoms. The van der Waals surface area contributed by atoms with Crippen molar-refractivity contribution in [3.63, 3.8) is 0 Å². The number of fused-ring (bicyclic) bond motifs is 1. The molecule has 0 saturated carbocycles. The average molecular weight is 683 g/mol. The van der Waals surface area contributed by atoms with E-state index in [1.165, 1.54) is 14.2 Å². The predicted molar refractivity (Wildman–Crippen MR) is 162 cm³/mol. The molecule has 9 N–H and O–H groups in total. The van der Waals surface area contributed by atoms with Gasteiger partial charge in [0.15, 0.2) is 29.3 Å². The Kier molecular flexibility index (Phi) is 11.8. The van der Waals surface area contributed by atoms with Crippen molar-refractivity contribution in [1.29, 1.82) is 0 Å². The maximum Gasteiger partial charge on any atom is 0.229 e. The zero-order valence-electron chi connectivity index (χ0n) is 26.2. The van der Waals surface area contributed by atoms with Crippen molar-refractivity contribution >= 4 is 6.08 Å². The van der Waals surface area contributed by atoms with Crippen LogP contribution in [0.4, 0.5) is 0 Å². The van der Waals surface area contributed by atoms with Crippen LogP contribution >= 0.6 is 0 Å². The topological polar surface area (TPSA) is 247 Å². The lowest BCUT2D eigenvalue weighted by atomic mass is 9.90. The highest BCUT2D eigenvalue weighted by atomic mass is 16.7. The normalized spacial score (nSPS) is 34.9. The highest BCUT2D eigenvalue weighted by Gasteiger charge is 2.46. The van der Waals surface area contributed by atoms with E-state index in [2.05, 4.69) is 0 Å². The molecule has 5 rings (SSSR count). The summed E-state index contributed by atoms with van der Waals surface area (Å²) in [5.74, 6) is 0.576. The number of aliphatic hydroxyl groups is 9. The van der Waals surface area contributed by atoms with Crippen molar-refractivity contribution < 1.29 is 79.1 Å². The first kappa shape index (κ1) is 36.2. The van der Waals surface area contributed by atoms with Crippen LogP contribution < -0.4 is 18.9 Å². The lowest BCUT2D eigenvalue weighted by molar-refractivity contribution is -0.298. The Hall–Kier alpha value is -3.10. The fourth-order valence-corrected chi connectivity index (χ4v) is 5.95. The van der Waals surface area contributed by atoms with Crippen molar-refractivity contribution in [2.24, 2.45) is 0 Å². The van der Waals surface area contributed by atoms with Crippen LogP contribution in [0, 0.1) is 0 Å². The molecule has 266 valence electrons. The van der Waals surface area contributed by atoms with Gasteiger partial charge in [0.1, 0.15) is 54.9 Å². The van der Waals surface area contributed by atoms with Gasteiger partial charge in [-0.25, -0.2) is 0 Å². The van der Waals surface area contributed by atoms with Crippen molar-refractivity contribution in [2.75, 3.05) is 40.6 Å². The van der Waals surface area contributed by atoms with E-state index in [0.717, 1.165) is 0 Å². The Bertz CT molecular complexity index is 1400. The number of methoxy groups -OCH3 is 2. The number of aliphatic hydroxyl groups excluding tert-OH is 9. The third-order valence-electron chi connectivity index (χ3n) is 8.66. The molecular formula is C32H42O16. The van der Waals surface area contributed by atoms with Gasteiger partial charge >= 0.3 is 0 Å². The van der Waals surface area contributed by atoms with Gasteiger partial charge in [-0.2, -0.15) is 0 Å². The molecule has 0 amide bonds. The highest BCUT2D eigenvalue weighted by Crippen LogP contribution is 2.51. The SMILES string of the molecule is COc1ccc(C2Oc3c(OC)cc(/C=C/CO[C@@H]4O[C@H](CO)[C@@H](O)[C@H](O)[C@H]4O)cc3[C@@H]2CO)cc1O[C@@H]1O[C@H](CO)[C@@H](O)[C@H](O)[C@H]1O. The van der Waals surface area contributed by atoms with Gasteiger partial charge in [0.25, 0.3) is 0 Å². The maximum absolute atomic E-state index is 10.5. The van der Waals surface area contributed by atoms with Gasteiger partial charge in [0.2, 0.25) is 6.29 Å². The number of hydrogen-bond donors (Lipinski definition) is 9. The van der Waals surface area contributed by atoms with Crippen LogP contribution in [0.1, 0.15) is 28.7 Å². The molecule has 0 radical (unpaired) electrons. The lowest BCUT2D eigenvalue weighted by Gasteiger charge is -2.39. The maximum atomic E-state index is 10.5. The molecule has 3 aliphatic rings. The number of benzene rings is 2. The first-order chi connectivity index (χ1) is 23.1. The fourth-order valence-electron chi connectivity index (χ4n) is 5.95. The quantitative estimate of drug-likeness (QED) is 0.117. The Labute approximate surface area is 275 Å². The summed E-state index contributed by atoms with van der Waals surface area (Å²) in [6, 6.07) is 8.39. The predicted octanol–water partition coefficient (Wildman–Crippen LogP) is -2.08. The molecule has 1 unspecified atom stereocenters. The van der Waals surface area contributed by atoms with Gasteiger partial charge < -0.3 is 79.1 Å². The third-order valence-corrected chi connectivity index (χ3v) is 8.66. The van der Waals surface area contributed by atoms with Gasteiger partial charge in [-0.05, 0) is 35.4 Å². The van der Waals surface area contributed by atoms with Crippen LogP contribution in [0.5, 0.6) is 23.0 Å². The van der Waals surface area contributed by atoms with E-state index in [0.29, 0.717) is 28.2 Å². The van der Waals surface area contributed by atoms with Crippen LogP contribution in [-0.4, -0.2) is 148 Å². The molecule has 2 saturated heterocycles. The van der Waals surface area contributed by atoms with Crippen molar-refractivity contribution in [2.45, 2.75) is 73.4 Å². The summed E-state index contributed by atoms with van der Waals surface area (Å²) in [5.41, 5.74) is 1.85. The first-order valence-corrected chi connectivity index (χ1v) is 15.3. The zero-order valence-corrected chi connectivity index (χ0v) is 26.2. The number of rotatable bonds is 12. The summed E-state index contributed by atoms with van der Waals surface area (Å²) >= 11 is 0. The number of hydrogen-bond acceptors (Lipinski definition) is 16. The Morgan fingerprint density at radius 3 is 1.92 bits per heavy atom. The third kappa shape index (κ3) is 7.11.